The molecule has 1 aromatic carbocycles. The number of hydrogen-bond acceptors (Lipinski definition) is 0. The van der Waals surface area contributed by atoms with Crippen molar-refractivity contribution in [2.24, 2.45) is 0 Å². The molecule has 71 valence electrons. The van der Waals surface area contributed by atoms with E-state index in [0.29, 0.717) is 6.07 Å². The van der Waals surface area contributed by atoms with Gasteiger partial charge in [0.05, 0.1) is 6.67 Å². The van der Waals surface area contributed by atoms with Gasteiger partial charge < -0.3 is 0 Å². The van der Waals surface area contributed by atoms with Crippen LogP contribution in [-0.4, -0.2) is 6.67 Å². The Morgan fingerprint density at radius 3 is 2.23 bits per heavy atom. The quantitative estimate of drug-likeness (QED) is 0.498. The maximum atomic E-state index is 12.9. The van der Waals surface area contributed by atoms with Gasteiger partial charge in [-0.15, -0.1) is 0 Å². The lowest BCUT2D eigenvalue weighted by Crippen LogP contribution is -2.05. The highest BCUT2D eigenvalue weighted by Crippen LogP contribution is 2.23. The zero-order valence-electron chi connectivity index (χ0n) is 6.87. The van der Waals surface area contributed by atoms with E-state index < -0.39 is 29.7 Å². The second kappa shape index (κ2) is 3.77. The van der Waals surface area contributed by atoms with Gasteiger partial charge in [-0.05, 0) is 12.1 Å². The molecule has 1 aromatic rings. The number of rotatable bonds is 2. The van der Waals surface area contributed by atoms with E-state index in [4.69, 9.17) is 0 Å². The van der Waals surface area contributed by atoms with Crippen molar-refractivity contribution >= 4 is 0 Å². The minimum absolute atomic E-state index is 0.158. The van der Waals surface area contributed by atoms with Crippen molar-refractivity contribution in [3.8, 4) is 0 Å². The zero-order chi connectivity index (χ0) is 10.0. The summed E-state index contributed by atoms with van der Waals surface area (Å²) in [5, 5.41) is 0. The highest BCUT2D eigenvalue weighted by Gasteiger charge is 2.19. The lowest BCUT2D eigenvalue weighted by atomic mass is 10.0. The summed E-state index contributed by atoms with van der Waals surface area (Å²) in [6, 6.07) is 1.44. The fourth-order valence-electron chi connectivity index (χ4n) is 0.985. The predicted molar refractivity (Wildman–Crippen MR) is 40.3 cm³/mol. The molecule has 0 amide bonds. The third kappa shape index (κ3) is 1.82. The summed E-state index contributed by atoms with van der Waals surface area (Å²) >= 11 is 0. The SMILES string of the molecule is C[C](CF)c1c(F)ccc(F)c1F. The summed E-state index contributed by atoms with van der Waals surface area (Å²) in [6.07, 6.45) is 0. The average molecular weight is 191 g/mol. The Kier molecular flexibility index (Phi) is 2.90. The van der Waals surface area contributed by atoms with Crippen LogP contribution in [0, 0.1) is 23.4 Å². The molecule has 1 rings (SSSR count). The number of alkyl halides is 1. The molecule has 4 heteroatoms. The Hall–Kier alpha value is -1.06. The topological polar surface area (TPSA) is 0 Å². The first-order valence-corrected chi connectivity index (χ1v) is 3.60. The van der Waals surface area contributed by atoms with Gasteiger partial charge in [0.15, 0.2) is 11.6 Å². The van der Waals surface area contributed by atoms with Gasteiger partial charge in [-0.25, -0.2) is 13.2 Å². The number of benzene rings is 1. The van der Waals surface area contributed by atoms with Gasteiger partial charge in [-0.2, -0.15) is 0 Å². The van der Waals surface area contributed by atoms with E-state index in [0.717, 1.165) is 6.07 Å². The molecular formula is C9H7F4. The lowest BCUT2D eigenvalue weighted by molar-refractivity contribution is 0.463. The second-order valence-corrected chi connectivity index (χ2v) is 2.63. The standard InChI is InChI=1S/C9H7F4/c1-5(4-10)8-6(11)2-3-7(12)9(8)13/h2-3H,4H2,1H3. The molecule has 1 radical (unpaired) electrons. The first-order chi connectivity index (χ1) is 6.07. The van der Waals surface area contributed by atoms with Crippen LogP contribution in [0.3, 0.4) is 0 Å². The van der Waals surface area contributed by atoms with Crippen molar-refractivity contribution < 1.29 is 17.6 Å². The van der Waals surface area contributed by atoms with Crippen molar-refractivity contribution in [1.29, 1.82) is 0 Å². The average Bonchev–Trinajstić information content (AvgIpc) is 2.12. The fraction of sp³-hybridized carbons (Fsp3) is 0.222. The van der Waals surface area contributed by atoms with Gasteiger partial charge >= 0.3 is 0 Å². The van der Waals surface area contributed by atoms with Crippen LogP contribution in [-0.2, 0) is 0 Å². The molecule has 0 saturated carbocycles. The van der Waals surface area contributed by atoms with Gasteiger partial charge in [0, 0.05) is 11.5 Å². The molecule has 0 bridgehead atoms. The summed E-state index contributed by atoms with van der Waals surface area (Å²) < 4.78 is 50.4. The van der Waals surface area contributed by atoms with Crippen LogP contribution in [0.15, 0.2) is 12.1 Å². The highest BCUT2D eigenvalue weighted by atomic mass is 19.2. The van der Waals surface area contributed by atoms with Crippen LogP contribution in [0.1, 0.15) is 12.5 Å². The minimum Gasteiger partial charge on any atom is -0.250 e. The highest BCUT2D eigenvalue weighted by molar-refractivity contribution is 5.33. The van der Waals surface area contributed by atoms with E-state index in [-0.39, 0.29) is 5.92 Å². The van der Waals surface area contributed by atoms with Gasteiger partial charge in [-0.1, -0.05) is 6.92 Å². The van der Waals surface area contributed by atoms with Crippen molar-refractivity contribution in [3.63, 3.8) is 0 Å². The van der Waals surface area contributed by atoms with Crippen LogP contribution in [0.2, 0.25) is 0 Å². The molecule has 0 saturated heterocycles. The Balaban J connectivity index is 3.25. The van der Waals surface area contributed by atoms with Crippen LogP contribution in [0.4, 0.5) is 17.6 Å². The lowest BCUT2D eigenvalue weighted by Gasteiger charge is -2.09. The molecule has 0 atom stereocenters. The smallest absolute Gasteiger partial charge is 0.165 e. The second-order valence-electron chi connectivity index (χ2n) is 2.63. The summed E-state index contributed by atoms with van der Waals surface area (Å²) in [6.45, 7) is 0.207. The molecule has 0 N–H and O–H groups in total. The molecular weight excluding hydrogens is 184 g/mol. The monoisotopic (exact) mass is 191 g/mol. The minimum atomic E-state index is -1.34. The Labute approximate surface area is 73.2 Å². The molecule has 0 unspecified atom stereocenters. The molecule has 0 fully saturated rings. The number of halogens is 4. The van der Waals surface area contributed by atoms with Crippen LogP contribution < -0.4 is 0 Å². The summed E-state index contributed by atoms with van der Waals surface area (Å²) in [5.41, 5.74) is -0.609. The van der Waals surface area contributed by atoms with Crippen molar-refractivity contribution in [2.45, 2.75) is 6.92 Å². The molecule has 0 aliphatic rings. The summed E-state index contributed by atoms with van der Waals surface area (Å²) in [7, 11) is 0. The van der Waals surface area contributed by atoms with Crippen molar-refractivity contribution in [1.82, 2.24) is 0 Å². The van der Waals surface area contributed by atoms with Crippen LogP contribution >= 0.6 is 0 Å². The van der Waals surface area contributed by atoms with Crippen molar-refractivity contribution in [2.75, 3.05) is 6.67 Å². The Bertz CT molecular complexity index is 309. The van der Waals surface area contributed by atoms with Gasteiger partial charge in [-0.3, -0.25) is 4.39 Å². The van der Waals surface area contributed by atoms with E-state index >= 15 is 0 Å². The predicted octanol–water partition coefficient (Wildman–Crippen LogP) is 3.02. The van der Waals surface area contributed by atoms with Crippen LogP contribution in [0.5, 0.6) is 0 Å². The number of hydrogen-bond donors (Lipinski definition) is 0. The van der Waals surface area contributed by atoms with E-state index in [9.17, 15) is 17.6 Å². The maximum Gasteiger partial charge on any atom is 0.165 e. The van der Waals surface area contributed by atoms with E-state index in [2.05, 4.69) is 0 Å². The normalized spacial score (nSPS) is 10.9. The first kappa shape index (κ1) is 10.0. The van der Waals surface area contributed by atoms with Gasteiger partial charge in [0.2, 0.25) is 0 Å². The third-order valence-corrected chi connectivity index (χ3v) is 1.67. The molecule has 0 spiro atoms. The summed E-state index contributed by atoms with van der Waals surface area (Å²) in [4.78, 5) is 0. The first-order valence-electron chi connectivity index (χ1n) is 3.60. The van der Waals surface area contributed by atoms with E-state index in [1.807, 2.05) is 0 Å². The van der Waals surface area contributed by atoms with Crippen LogP contribution in [0.25, 0.3) is 0 Å². The fourth-order valence-corrected chi connectivity index (χ4v) is 0.985. The third-order valence-electron chi connectivity index (χ3n) is 1.67. The molecule has 0 aromatic heterocycles. The Morgan fingerprint density at radius 2 is 1.69 bits per heavy atom. The molecule has 13 heavy (non-hydrogen) atoms. The molecule has 0 aliphatic heterocycles. The van der Waals surface area contributed by atoms with Gasteiger partial charge in [0.25, 0.3) is 0 Å². The molecule has 0 aliphatic carbocycles. The zero-order valence-corrected chi connectivity index (χ0v) is 6.87. The summed E-state index contributed by atoms with van der Waals surface area (Å²) in [5.74, 6) is -3.62. The Morgan fingerprint density at radius 1 is 1.15 bits per heavy atom. The van der Waals surface area contributed by atoms with E-state index in [1.54, 1.807) is 0 Å². The maximum absolute atomic E-state index is 12.9. The van der Waals surface area contributed by atoms with E-state index in [1.165, 1.54) is 6.92 Å². The molecule has 0 nitrogen and oxygen atoms in total. The van der Waals surface area contributed by atoms with Gasteiger partial charge in [0.1, 0.15) is 5.82 Å². The molecule has 0 heterocycles. The largest absolute Gasteiger partial charge is 0.250 e. The van der Waals surface area contributed by atoms with Crippen molar-refractivity contribution in [3.05, 3.63) is 41.1 Å².